The van der Waals surface area contributed by atoms with Crippen molar-refractivity contribution in [2.75, 3.05) is 137 Å². The van der Waals surface area contributed by atoms with Gasteiger partial charge in [0.2, 0.25) is 0 Å². The van der Waals surface area contributed by atoms with E-state index in [-0.39, 0.29) is 0 Å². The molecule has 0 aliphatic rings. The van der Waals surface area contributed by atoms with Crippen molar-refractivity contribution in [3.8, 4) is 0 Å². The Kier molecular flexibility index (Phi) is 36.7. The third-order valence-corrected chi connectivity index (χ3v) is 5.15. The Hall–Kier alpha value is 0.330. The SMILES string of the molecule is CCCCCCOCCOCCOCCOCCOCCOCCOCCOCCOCCOCCI. The van der Waals surface area contributed by atoms with E-state index in [1.165, 1.54) is 19.3 Å². The minimum absolute atomic E-state index is 0.533. The molecule has 0 saturated heterocycles. The maximum absolute atomic E-state index is 5.52. The van der Waals surface area contributed by atoms with Crippen LogP contribution in [-0.2, 0) is 47.4 Å². The van der Waals surface area contributed by atoms with Crippen LogP contribution in [0.4, 0.5) is 0 Å². The molecule has 37 heavy (non-hydrogen) atoms. The topological polar surface area (TPSA) is 92.3 Å². The molecule has 0 aromatic carbocycles. The van der Waals surface area contributed by atoms with Gasteiger partial charge in [-0.2, -0.15) is 0 Å². The fourth-order valence-electron chi connectivity index (χ4n) is 2.77. The summed E-state index contributed by atoms with van der Waals surface area (Å²) >= 11 is 2.28. The van der Waals surface area contributed by atoms with Crippen molar-refractivity contribution in [1.82, 2.24) is 0 Å². The Bertz CT molecular complexity index is 362. The maximum Gasteiger partial charge on any atom is 0.0701 e. The van der Waals surface area contributed by atoms with E-state index >= 15 is 0 Å². The molecule has 0 aromatic rings. The van der Waals surface area contributed by atoms with Gasteiger partial charge in [-0.25, -0.2) is 0 Å². The second-order valence-electron chi connectivity index (χ2n) is 7.87. The van der Waals surface area contributed by atoms with Crippen LogP contribution in [0.25, 0.3) is 0 Å². The lowest BCUT2D eigenvalue weighted by Gasteiger charge is -2.09. The van der Waals surface area contributed by atoms with E-state index < -0.39 is 0 Å². The highest BCUT2D eigenvalue weighted by Crippen LogP contribution is 1.98. The molecule has 0 fully saturated rings. The van der Waals surface area contributed by atoms with E-state index in [9.17, 15) is 0 Å². The van der Waals surface area contributed by atoms with Gasteiger partial charge >= 0.3 is 0 Å². The van der Waals surface area contributed by atoms with E-state index in [1.807, 2.05) is 0 Å². The molecule has 224 valence electrons. The van der Waals surface area contributed by atoms with E-state index in [1.54, 1.807) is 0 Å². The van der Waals surface area contributed by atoms with Gasteiger partial charge in [0.15, 0.2) is 0 Å². The number of hydrogen-bond acceptors (Lipinski definition) is 10. The summed E-state index contributed by atoms with van der Waals surface area (Å²) < 4.78 is 55.5. The Balaban J connectivity index is 3.00. The summed E-state index contributed by atoms with van der Waals surface area (Å²) in [6.45, 7) is 14.0. The molecule has 0 radical (unpaired) electrons. The van der Waals surface area contributed by atoms with Crippen LogP contribution in [0, 0.1) is 0 Å². The number of alkyl halides is 1. The first-order chi connectivity index (χ1) is 18.4. The summed E-state index contributed by atoms with van der Waals surface area (Å²) in [6.07, 6.45) is 4.91. The van der Waals surface area contributed by atoms with Gasteiger partial charge in [-0.15, -0.1) is 0 Å². The molecule has 0 aliphatic carbocycles. The molecule has 10 nitrogen and oxygen atoms in total. The van der Waals surface area contributed by atoms with Gasteiger partial charge < -0.3 is 47.4 Å². The molecule has 0 bridgehead atoms. The largest absolute Gasteiger partial charge is 0.379 e. The minimum Gasteiger partial charge on any atom is -0.379 e. The van der Waals surface area contributed by atoms with Crippen molar-refractivity contribution in [2.24, 2.45) is 0 Å². The lowest BCUT2D eigenvalue weighted by molar-refractivity contribution is -0.0262. The van der Waals surface area contributed by atoms with Crippen LogP contribution >= 0.6 is 22.6 Å². The molecule has 0 saturated carbocycles. The van der Waals surface area contributed by atoms with Crippen molar-refractivity contribution in [3.05, 3.63) is 0 Å². The molecule has 0 N–H and O–H groups in total. The van der Waals surface area contributed by atoms with Crippen LogP contribution in [0.5, 0.6) is 0 Å². The van der Waals surface area contributed by atoms with Crippen molar-refractivity contribution < 1.29 is 47.4 Å². The van der Waals surface area contributed by atoms with Crippen LogP contribution in [0.3, 0.4) is 0 Å². The number of hydrogen-bond donors (Lipinski definition) is 0. The molecule has 0 aliphatic heterocycles. The predicted octanol–water partition coefficient (Wildman–Crippen LogP) is 3.17. The Morgan fingerprint density at radius 1 is 0.297 bits per heavy atom. The van der Waals surface area contributed by atoms with Crippen LogP contribution in [-0.4, -0.2) is 137 Å². The van der Waals surface area contributed by atoms with Crippen molar-refractivity contribution in [1.29, 1.82) is 0 Å². The summed E-state index contributed by atoms with van der Waals surface area (Å²) in [7, 11) is 0. The summed E-state index contributed by atoms with van der Waals surface area (Å²) in [5.74, 6) is 0. The zero-order valence-corrected chi connectivity index (χ0v) is 25.3. The highest BCUT2D eigenvalue weighted by Gasteiger charge is 1.96. The van der Waals surface area contributed by atoms with Crippen LogP contribution < -0.4 is 0 Å². The monoisotopic (exact) mass is 652 g/mol. The molecule has 0 rings (SSSR count). The molecule has 0 amide bonds. The number of ether oxygens (including phenoxy) is 10. The van der Waals surface area contributed by atoms with Gasteiger partial charge in [0.05, 0.1) is 126 Å². The second-order valence-corrected chi connectivity index (χ2v) is 8.95. The zero-order valence-electron chi connectivity index (χ0n) is 23.1. The van der Waals surface area contributed by atoms with E-state index in [0.717, 1.165) is 24.1 Å². The van der Waals surface area contributed by atoms with Crippen LogP contribution in [0.2, 0.25) is 0 Å². The zero-order chi connectivity index (χ0) is 26.7. The summed E-state index contributed by atoms with van der Waals surface area (Å²) in [6, 6.07) is 0. The number of halogens is 1. The average molecular weight is 653 g/mol. The maximum atomic E-state index is 5.52. The van der Waals surface area contributed by atoms with Gasteiger partial charge in [-0.3, -0.25) is 0 Å². The molecular weight excluding hydrogens is 599 g/mol. The van der Waals surface area contributed by atoms with Crippen molar-refractivity contribution in [3.63, 3.8) is 0 Å². The predicted molar refractivity (Wildman–Crippen MR) is 151 cm³/mol. The highest BCUT2D eigenvalue weighted by atomic mass is 127. The Morgan fingerprint density at radius 3 is 0.784 bits per heavy atom. The first-order valence-electron chi connectivity index (χ1n) is 13.7. The normalized spacial score (nSPS) is 11.5. The highest BCUT2D eigenvalue weighted by molar-refractivity contribution is 14.1. The molecule has 0 heterocycles. The third kappa shape index (κ3) is 36.3. The molecule has 0 spiro atoms. The second kappa shape index (κ2) is 36.3. The minimum atomic E-state index is 0.533. The first kappa shape index (κ1) is 37.3. The van der Waals surface area contributed by atoms with Crippen LogP contribution in [0.1, 0.15) is 32.6 Å². The number of rotatable bonds is 34. The van der Waals surface area contributed by atoms with E-state index in [4.69, 9.17) is 47.4 Å². The lowest BCUT2D eigenvalue weighted by Crippen LogP contribution is -2.15. The molecular formula is C26H53IO10. The quantitative estimate of drug-likeness (QED) is 0.0587. The summed E-state index contributed by atoms with van der Waals surface area (Å²) in [5.41, 5.74) is 0. The standard InChI is InChI=1S/C26H53IO10/c1-2-3-4-5-7-28-9-11-30-13-15-32-17-19-34-21-23-36-25-26-37-24-22-35-20-18-33-16-14-31-12-10-29-8-6-27/h2-26H2,1H3. The molecule has 0 aromatic heterocycles. The Labute approximate surface area is 238 Å². The van der Waals surface area contributed by atoms with Gasteiger partial charge in [0, 0.05) is 11.0 Å². The summed E-state index contributed by atoms with van der Waals surface area (Å²) in [5, 5.41) is 0. The van der Waals surface area contributed by atoms with Gasteiger partial charge in [-0.05, 0) is 6.42 Å². The van der Waals surface area contributed by atoms with E-state index in [0.29, 0.717) is 119 Å². The summed E-state index contributed by atoms with van der Waals surface area (Å²) in [4.78, 5) is 0. The molecule has 0 unspecified atom stereocenters. The smallest absolute Gasteiger partial charge is 0.0701 e. The lowest BCUT2D eigenvalue weighted by atomic mass is 10.2. The third-order valence-electron chi connectivity index (χ3n) is 4.71. The molecule has 11 heteroatoms. The molecule has 0 atom stereocenters. The van der Waals surface area contributed by atoms with Crippen molar-refractivity contribution >= 4 is 22.6 Å². The number of unbranched alkanes of at least 4 members (excludes halogenated alkanes) is 3. The van der Waals surface area contributed by atoms with Crippen LogP contribution in [0.15, 0.2) is 0 Å². The van der Waals surface area contributed by atoms with Gasteiger partial charge in [0.25, 0.3) is 0 Å². The van der Waals surface area contributed by atoms with Gasteiger partial charge in [0.1, 0.15) is 0 Å². The fourth-order valence-corrected chi connectivity index (χ4v) is 3.08. The fraction of sp³-hybridized carbons (Fsp3) is 1.00. The Morgan fingerprint density at radius 2 is 0.541 bits per heavy atom. The average Bonchev–Trinajstić information content (AvgIpc) is 2.91. The van der Waals surface area contributed by atoms with E-state index in [2.05, 4.69) is 29.5 Å². The van der Waals surface area contributed by atoms with Gasteiger partial charge in [-0.1, -0.05) is 48.8 Å². The first-order valence-corrected chi connectivity index (χ1v) is 15.3. The van der Waals surface area contributed by atoms with Crippen molar-refractivity contribution in [2.45, 2.75) is 32.6 Å².